The lowest BCUT2D eigenvalue weighted by atomic mass is 9.72. The van der Waals surface area contributed by atoms with E-state index in [0.29, 0.717) is 21.8 Å². The number of thiophene rings is 1. The molecule has 1 aromatic carbocycles. The van der Waals surface area contributed by atoms with Gasteiger partial charge in [0.25, 0.3) is 5.91 Å². The van der Waals surface area contributed by atoms with Gasteiger partial charge in [0.1, 0.15) is 11.2 Å². The summed E-state index contributed by atoms with van der Waals surface area (Å²) in [6.07, 6.45) is 2.79. The molecule has 2 aromatic rings. The molecule has 0 radical (unpaired) electrons. The molecule has 29 heavy (non-hydrogen) atoms. The molecule has 2 atom stereocenters. The fraction of sp³-hybridized carbons (Fsp3) is 0.500. The molecule has 0 saturated heterocycles. The Balaban J connectivity index is 1.65. The number of anilines is 1. The van der Waals surface area contributed by atoms with Crippen LogP contribution in [0, 0.1) is 14.9 Å². The van der Waals surface area contributed by atoms with Crippen LogP contribution in [-0.4, -0.2) is 17.6 Å². The zero-order valence-electron chi connectivity index (χ0n) is 17.2. The molecule has 2 aliphatic rings. The van der Waals surface area contributed by atoms with Crippen molar-refractivity contribution >= 4 is 44.8 Å². The van der Waals surface area contributed by atoms with Gasteiger partial charge in [-0.2, -0.15) is 0 Å². The maximum absolute atomic E-state index is 13.0. The molecule has 4 rings (SSSR count). The van der Waals surface area contributed by atoms with Crippen LogP contribution in [0.1, 0.15) is 66.6 Å². The summed E-state index contributed by atoms with van der Waals surface area (Å²) in [5.74, 6) is 1.20. The van der Waals surface area contributed by atoms with Gasteiger partial charge in [-0.3, -0.25) is 4.79 Å². The average Bonchev–Trinajstić information content (AvgIpc) is 3.02. The molecule has 0 bridgehead atoms. The summed E-state index contributed by atoms with van der Waals surface area (Å²) < 4.78 is 6.26. The number of halogens is 1. The second-order valence-electron chi connectivity index (χ2n) is 8.85. The van der Waals surface area contributed by atoms with Crippen molar-refractivity contribution < 1.29 is 14.6 Å². The zero-order chi connectivity index (χ0) is 20.9. The summed E-state index contributed by atoms with van der Waals surface area (Å²) >= 11 is 3.82. The van der Waals surface area contributed by atoms with Gasteiger partial charge in [0.05, 0.1) is 15.7 Å². The van der Waals surface area contributed by atoms with Gasteiger partial charge in [0.15, 0.2) is 11.5 Å². The Morgan fingerprint density at radius 1 is 1.31 bits per heavy atom. The summed E-state index contributed by atoms with van der Waals surface area (Å²) in [6.45, 7) is 9.26. The van der Waals surface area contributed by atoms with Crippen LogP contribution in [0.4, 0.5) is 5.00 Å². The first-order chi connectivity index (χ1) is 13.7. The minimum absolute atomic E-state index is 0.0171. The summed E-state index contributed by atoms with van der Waals surface area (Å²) in [6, 6.07) is 3.68. The van der Waals surface area contributed by atoms with Gasteiger partial charge in [-0.1, -0.05) is 20.8 Å². The number of hydrogen-bond donors (Lipinski definition) is 3. The van der Waals surface area contributed by atoms with Gasteiger partial charge in [-0.05, 0) is 83.4 Å². The minimum atomic E-state index is -0.346. The fourth-order valence-electron chi connectivity index (χ4n) is 4.23. The van der Waals surface area contributed by atoms with E-state index < -0.39 is 0 Å². The molecule has 1 aliphatic heterocycles. The van der Waals surface area contributed by atoms with Crippen molar-refractivity contribution in [2.75, 3.05) is 11.9 Å². The molecular weight excluding hydrogens is 499 g/mol. The van der Waals surface area contributed by atoms with E-state index in [1.807, 2.05) is 13.0 Å². The molecule has 0 unspecified atom stereocenters. The molecule has 156 valence electrons. The number of ether oxygens (including phenoxy) is 1. The Bertz CT molecular complexity index is 964. The minimum Gasteiger partial charge on any atom is -0.504 e. The standard InChI is InChI=1S/C22H27IN2O3S/c1-5-28-15-9-11(8-14(23)18(15)26)19-24-20(27)17-13-7-6-12(22(2,3)4)10-16(13)29-21(17)25-19/h8-9,12,19,25-26H,5-7,10H2,1-4H3,(H,24,27)/t12-,19+/m0/s1. The van der Waals surface area contributed by atoms with Crippen molar-refractivity contribution in [1.29, 1.82) is 0 Å². The van der Waals surface area contributed by atoms with Crippen LogP contribution in [0.15, 0.2) is 12.1 Å². The van der Waals surface area contributed by atoms with E-state index in [1.54, 1.807) is 17.4 Å². The topological polar surface area (TPSA) is 70.6 Å². The van der Waals surface area contributed by atoms with E-state index >= 15 is 0 Å². The number of fused-ring (bicyclic) bond motifs is 3. The van der Waals surface area contributed by atoms with Gasteiger partial charge in [-0.15, -0.1) is 11.3 Å². The number of aromatic hydroxyl groups is 1. The van der Waals surface area contributed by atoms with Crippen LogP contribution in [0.2, 0.25) is 0 Å². The Morgan fingerprint density at radius 3 is 2.76 bits per heavy atom. The Morgan fingerprint density at radius 2 is 2.07 bits per heavy atom. The van der Waals surface area contributed by atoms with Crippen molar-refractivity contribution in [1.82, 2.24) is 5.32 Å². The van der Waals surface area contributed by atoms with Gasteiger partial charge in [0.2, 0.25) is 0 Å². The number of carbonyl (C=O) groups excluding carboxylic acids is 1. The third-order valence-corrected chi connectivity index (χ3v) is 7.96. The molecule has 0 spiro atoms. The lowest BCUT2D eigenvalue weighted by Gasteiger charge is -2.34. The number of nitrogens with one attached hydrogen (secondary N) is 2. The predicted octanol–water partition coefficient (Wildman–Crippen LogP) is 5.46. The highest BCUT2D eigenvalue weighted by Crippen LogP contribution is 2.46. The van der Waals surface area contributed by atoms with Crippen molar-refractivity contribution in [3.05, 3.63) is 37.3 Å². The van der Waals surface area contributed by atoms with E-state index in [1.165, 1.54) is 10.4 Å². The first-order valence-corrected chi connectivity index (χ1v) is 12.0. The third-order valence-electron chi connectivity index (χ3n) is 5.95. The lowest BCUT2D eigenvalue weighted by molar-refractivity contribution is 0.0934. The quantitative estimate of drug-likeness (QED) is 0.465. The van der Waals surface area contributed by atoms with Gasteiger partial charge < -0.3 is 20.5 Å². The van der Waals surface area contributed by atoms with Crippen LogP contribution >= 0.6 is 33.9 Å². The number of amides is 1. The van der Waals surface area contributed by atoms with Crippen LogP contribution in [0.5, 0.6) is 11.5 Å². The first kappa shape index (κ1) is 20.8. The average molecular weight is 526 g/mol. The maximum Gasteiger partial charge on any atom is 0.256 e. The smallest absolute Gasteiger partial charge is 0.256 e. The van der Waals surface area contributed by atoms with E-state index in [0.717, 1.165) is 35.4 Å². The van der Waals surface area contributed by atoms with Crippen molar-refractivity contribution in [3.63, 3.8) is 0 Å². The highest BCUT2D eigenvalue weighted by Gasteiger charge is 2.36. The molecule has 1 aromatic heterocycles. The van der Waals surface area contributed by atoms with Crippen molar-refractivity contribution in [3.8, 4) is 11.5 Å². The first-order valence-electron chi connectivity index (χ1n) is 10.1. The highest BCUT2D eigenvalue weighted by molar-refractivity contribution is 14.1. The number of rotatable bonds is 3. The van der Waals surface area contributed by atoms with Crippen LogP contribution in [0.25, 0.3) is 0 Å². The summed E-state index contributed by atoms with van der Waals surface area (Å²) in [4.78, 5) is 14.4. The van der Waals surface area contributed by atoms with Gasteiger partial charge >= 0.3 is 0 Å². The maximum atomic E-state index is 13.0. The van der Waals surface area contributed by atoms with E-state index in [-0.39, 0.29) is 23.2 Å². The van der Waals surface area contributed by atoms with Crippen LogP contribution < -0.4 is 15.4 Å². The Labute approximate surface area is 189 Å². The molecule has 1 amide bonds. The molecule has 3 N–H and O–H groups in total. The normalized spacial score (nSPS) is 21.1. The monoisotopic (exact) mass is 526 g/mol. The molecule has 0 saturated carbocycles. The predicted molar refractivity (Wildman–Crippen MR) is 125 cm³/mol. The van der Waals surface area contributed by atoms with Gasteiger partial charge in [-0.25, -0.2) is 0 Å². The SMILES string of the molecule is CCOc1cc([C@@H]2NC(=O)c3c(sc4c3CC[C@H](C(C)(C)C)C4)N2)cc(I)c1O. The lowest BCUT2D eigenvalue weighted by Crippen LogP contribution is -2.38. The summed E-state index contributed by atoms with van der Waals surface area (Å²) in [5, 5.41) is 17.8. The van der Waals surface area contributed by atoms with E-state index in [2.05, 4.69) is 54.0 Å². The van der Waals surface area contributed by atoms with Crippen molar-refractivity contribution in [2.45, 2.75) is 53.1 Å². The largest absolute Gasteiger partial charge is 0.504 e. The Kier molecular flexibility index (Phi) is 5.48. The molecule has 0 fully saturated rings. The highest BCUT2D eigenvalue weighted by atomic mass is 127. The second kappa shape index (κ2) is 7.65. The number of hydrogen-bond acceptors (Lipinski definition) is 5. The number of carbonyl (C=O) groups is 1. The molecular formula is C22H27IN2O3S. The van der Waals surface area contributed by atoms with E-state index in [4.69, 9.17) is 4.74 Å². The second-order valence-corrected chi connectivity index (χ2v) is 11.1. The van der Waals surface area contributed by atoms with Crippen molar-refractivity contribution in [2.24, 2.45) is 11.3 Å². The molecule has 2 heterocycles. The van der Waals surface area contributed by atoms with E-state index in [9.17, 15) is 9.90 Å². The summed E-state index contributed by atoms with van der Waals surface area (Å²) in [7, 11) is 0. The number of benzene rings is 1. The van der Waals surface area contributed by atoms with Crippen LogP contribution in [-0.2, 0) is 12.8 Å². The molecule has 1 aliphatic carbocycles. The molecule has 5 nitrogen and oxygen atoms in total. The van der Waals surface area contributed by atoms with Crippen LogP contribution in [0.3, 0.4) is 0 Å². The fourth-order valence-corrected chi connectivity index (χ4v) is 6.21. The number of phenolic OH excluding ortho intramolecular Hbond substituents is 1. The number of phenols is 1. The molecule has 7 heteroatoms. The summed E-state index contributed by atoms with van der Waals surface area (Å²) in [5.41, 5.74) is 3.20. The Hall–Kier alpha value is -1.48. The third kappa shape index (κ3) is 3.83. The van der Waals surface area contributed by atoms with Gasteiger partial charge in [0, 0.05) is 4.88 Å². The zero-order valence-corrected chi connectivity index (χ0v) is 20.2.